The molecule has 134 valence electrons. The van der Waals surface area contributed by atoms with Crippen LogP contribution in [0.5, 0.6) is 0 Å². The fourth-order valence-electron chi connectivity index (χ4n) is 3.10. The van der Waals surface area contributed by atoms with Crippen molar-refractivity contribution >= 4 is 17.7 Å². The van der Waals surface area contributed by atoms with Crippen molar-refractivity contribution < 1.29 is 9.32 Å². The summed E-state index contributed by atoms with van der Waals surface area (Å²) in [4.78, 5) is 16.4. The quantitative estimate of drug-likeness (QED) is 0.779. The lowest BCUT2D eigenvalue weighted by molar-refractivity contribution is -0.118. The standard InChI is InChI=1S/C19H25N3O2S/c1-14-6-2-3-9-16(14)12-25-13-18(23)20-11-10-17-21-19(24-22-17)15-7-4-5-8-15/h2-3,6,9,15H,4-5,7-8,10-13H2,1H3,(H,20,23). The molecule has 1 saturated carbocycles. The molecule has 5 nitrogen and oxygen atoms in total. The number of aryl methyl sites for hydroxylation is 1. The molecule has 0 spiro atoms. The second kappa shape index (κ2) is 9.04. The van der Waals surface area contributed by atoms with Gasteiger partial charge >= 0.3 is 0 Å². The molecular weight excluding hydrogens is 334 g/mol. The number of rotatable bonds is 8. The molecule has 0 saturated heterocycles. The van der Waals surface area contributed by atoms with Crippen LogP contribution in [-0.4, -0.2) is 28.3 Å². The molecule has 3 rings (SSSR count). The largest absolute Gasteiger partial charge is 0.355 e. The minimum atomic E-state index is 0.0538. The normalized spacial score (nSPS) is 14.8. The number of amides is 1. The van der Waals surface area contributed by atoms with E-state index in [0.29, 0.717) is 30.5 Å². The molecule has 25 heavy (non-hydrogen) atoms. The van der Waals surface area contributed by atoms with Crippen LogP contribution in [0.15, 0.2) is 28.8 Å². The smallest absolute Gasteiger partial charge is 0.230 e. The molecule has 1 aromatic heterocycles. The first-order valence-corrected chi connectivity index (χ1v) is 10.1. The predicted octanol–water partition coefficient (Wildman–Crippen LogP) is 3.63. The summed E-state index contributed by atoms with van der Waals surface area (Å²) in [6.07, 6.45) is 5.41. The maximum atomic E-state index is 11.9. The Morgan fingerprint density at radius 2 is 2.12 bits per heavy atom. The summed E-state index contributed by atoms with van der Waals surface area (Å²) in [7, 11) is 0. The number of hydrogen-bond donors (Lipinski definition) is 1. The molecule has 1 amide bonds. The van der Waals surface area contributed by atoms with Crippen molar-refractivity contribution in [2.45, 2.75) is 50.7 Å². The van der Waals surface area contributed by atoms with Gasteiger partial charge in [0.15, 0.2) is 5.82 Å². The highest BCUT2D eigenvalue weighted by atomic mass is 32.2. The summed E-state index contributed by atoms with van der Waals surface area (Å²) < 4.78 is 5.35. The molecule has 2 aromatic rings. The molecule has 0 radical (unpaired) electrons. The van der Waals surface area contributed by atoms with E-state index in [-0.39, 0.29) is 5.91 Å². The van der Waals surface area contributed by atoms with Gasteiger partial charge in [-0.3, -0.25) is 4.79 Å². The van der Waals surface area contributed by atoms with Gasteiger partial charge in [0.05, 0.1) is 5.75 Å². The highest BCUT2D eigenvalue weighted by molar-refractivity contribution is 7.99. The molecular formula is C19H25N3O2S. The van der Waals surface area contributed by atoms with E-state index in [9.17, 15) is 4.79 Å². The number of benzene rings is 1. The number of carbonyl (C=O) groups is 1. The van der Waals surface area contributed by atoms with Crippen LogP contribution in [-0.2, 0) is 17.0 Å². The van der Waals surface area contributed by atoms with Gasteiger partial charge in [0, 0.05) is 24.6 Å². The maximum absolute atomic E-state index is 11.9. The SMILES string of the molecule is Cc1ccccc1CSCC(=O)NCCc1noc(C2CCCC2)n1. The second-order valence-corrected chi connectivity index (χ2v) is 7.54. The van der Waals surface area contributed by atoms with E-state index < -0.39 is 0 Å². The lowest BCUT2D eigenvalue weighted by Gasteiger charge is -2.06. The number of aromatic nitrogens is 2. The van der Waals surface area contributed by atoms with Gasteiger partial charge in [-0.05, 0) is 30.9 Å². The summed E-state index contributed by atoms with van der Waals surface area (Å²) in [5.41, 5.74) is 2.55. The first-order chi connectivity index (χ1) is 12.2. The van der Waals surface area contributed by atoms with Crippen molar-refractivity contribution in [2.75, 3.05) is 12.3 Å². The molecule has 0 bridgehead atoms. The summed E-state index contributed by atoms with van der Waals surface area (Å²) in [5, 5.41) is 6.96. The van der Waals surface area contributed by atoms with Crippen LogP contribution in [0, 0.1) is 6.92 Å². The van der Waals surface area contributed by atoms with Crippen molar-refractivity contribution in [3.63, 3.8) is 0 Å². The fourth-order valence-corrected chi connectivity index (χ4v) is 4.03. The number of carbonyl (C=O) groups excluding carboxylic acids is 1. The fraction of sp³-hybridized carbons (Fsp3) is 0.526. The first-order valence-electron chi connectivity index (χ1n) is 8.94. The maximum Gasteiger partial charge on any atom is 0.230 e. The first kappa shape index (κ1) is 18.0. The third-order valence-electron chi connectivity index (χ3n) is 4.61. The Balaban J connectivity index is 1.33. The van der Waals surface area contributed by atoms with Gasteiger partial charge in [0.2, 0.25) is 11.8 Å². The second-order valence-electron chi connectivity index (χ2n) is 6.55. The molecule has 0 unspecified atom stereocenters. The Morgan fingerprint density at radius 3 is 2.92 bits per heavy atom. The molecule has 0 aliphatic heterocycles. The number of nitrogens with one attached hydrogen (secondary N) is 1. The van der Waals surface area contributed by atoms with Crippen molar-refractivity contribution in [3.8, 4) is 0 Å². The van der Waals surface area contributed by atoms with Gasteiger partial charge in [-0.1, -0.05) is 42.3 Å². The van der Waals surface area contributed by atoms with Gasteiger partial charge in [0.1, 0.15) is 0 Å². The predicted molar refractivity (Wildman–Crippen MR) is 99.6 cm³/mol. The Kier molecular flexibility index (Phi) is 6.50. The van der Waals surface area contributed by atoms with Gasteiger partial charge < -0.3 is 9.84 Å². The Labute approximate surface area is 153 Å². The minimum absolute atomic E-state index is 0.0538. The average Bonchev–Trinajstić information content (AvgIpc) is 3.28. The van der Waals surface area contributed by atoms with Gasteiger partial charge in [0.25, 0.3) is 0 Å². The zero-order chi connectivity index (χ0) is 17.5. The molecule has 1 aliphatic rings. The molecule has 0 atom stereocenters. The highest BCUT2D eigenvalue weighted by Gasteiger charge is 2.22. The minimum Gasteiger partial charge on any atom is -0.355 e. The van der Waals surface area contributed by atoms with Crippen LogP contribution in [0.25, 0.3) is 0 Å². The van der Waals surface area contributed by atoms with Crippen molar-refractivity contribution in [2.24, 2.45) is 0 Å². The molecule has 1 heterocycles. The summed E-state index contributed by atoms with van der Waals surface area (Å²) in [6, 6.07) is 8.28. The zero-order valence-corrected chi connectivity index (χ0v) is 15.5. The van der Waals surface area contributed by atoms with E-state index in [2.05, 4.69) is 34.5 Å². The van der Waals surface area contributed by atoms with E-state index in [1.807, 2.05) is 12.1 Å². The molecule has 6 heteroatoms. The van der Waals surface area contributed by atoms with Crippen molar-refractivity contribution in [1.82, 2.24) is 15.5 Å². The van der Waals surface area contributed by atoms with Crippen LogP contribution in [0.4, 0.5) is 0 Å². The molecule has 1 aromatic carbocycles. The van der Waals surface area contributed by atoms with Crippen molar-refractivity contribution in [1.29, 1.82) is 0 Å². The summed E-state index contributed by atoms with van der Waals surface area (Å²) >= 11 is 1.63. The number of hydrogen-bond acceptors (Lipinski definition) is 5. The third-order valence-corrected chi connectivity index (χ3v) is 5.59. The van der Waals surface area contributed by atoms with E-state index in [1.165, 1.54) is 24.0 Å². The average molecular weight is 359 g/mol. The summed E-state index contributed by atoms with van der Waals surface area (Å²) in [6.45, 7) is 2.65. The van der Waals surface area contributed by atoms with Crippen LogP contribution >= 0.6 is 11.8 Å². The van der Waals surface area contributed by atoms with Crippen molar-refractivity contribution in [3.05, 3.63) is 47.1 Å². The van der Waals surface area contributed by atoms with E-state index in [0.717, 1.165) is 24.5 Å². The number of nitrogens with zero attached hydrogens (tertiary/aromatic N) is 2. The van der Waals surface area contributed by atoms with Crippen LogP contribution in [0.3, 0.4) is 0 Å². The van der Waals surface area contributed by atoms with E-state index in [4.69, 9.17) is 4.52 Å². The molecule has 1 N–H and O–H groups in total. The molecule has 1 fully saturated rings. The topological polar surface area (TPSA) is 68.0 Å². The molecule has 1 aliphatic carbocycles. The lowest BCUT2D eigenvalue weighted by atomic mass is 10.1. The summed E-state index contributed by atoms with van der Waals surface area (Å²) in [5.74, 6) is 3.28. The Hall–Kier alpha value is -1.82. The Morgan fingerprint density at radius 1 is 1.32 bits per heavy atom. The zero-order valence-electron chi connectivity index (χ0n) is 14.7. The van der Waals surface area contributed by atoms with Gasteiger partial charge in [-0.2, -0.15) is 4.98 Å². The van der Waals surface area contributed by atoms with E-state index >= 15 is 0 Å². The Bertz CT molecular complexity index is 695. The lowest BCUT2D eigenvalue weighted by Crippen LogP contribution is -2.27. The number of thioether (sulfide) groups is 1. The van der Waals surface area contributed by atoms with Gasteiger partial charge in [-0.25, -0.2) is 0 Å². The van der Waals surface area contributed by atoms with Crippen LogP contribution < -0.4 is 5.32 Å². The monoisotopic (exact) mass is 359 g/mol. The van der Waals surface area contributed by atoms with E-state index in [1.54, 1.807) is 11.8 Å². The van der Waals surface area contributed by atoms with Crippen LogP contribution in [0.1, 0.15) is 54.4 Å². The highest BCUT2D eigenvalue weighted by Crippen LogP contribution is 2.32. The van der Waals surface area contributed by atoms with Crippen LogP contribution in [0.2, 0.25) is 0 Å². The van der Waals surface area contributed by atoms with Gasteiger partial charge in [-0.15, -0.1) is 11.8 Å². The third kappa shape index (κ3) is 5.33.